The average molecular weight is 334 g/mol. The van der Waals surface area contributed by atoms with Crippen LogP contribution in [0.4, 0.5) is 0 Å². The lowest BCUT2D eigenvalue weighted by Gasteiger charge is -2.05. The molecule has 2 aromatic heterocycles. The topological polar surface area (TPSA) is 22.0 Å². The highest BCUT2D eigenvalue weighted by molar-refractivity contribution is 9.10. The van der Waals surface area contributed by atoms with Crippen molar-refractivity contribution >= 4 is 44.0 Å². The molecule has 0 aliphatic rings. The lowest BCUT2D eigenvalue weighted by molar-refractivity contribution is 0.0977. The van der Waals surface area contributed by atoms with Crippen molar-refractivity contribution in [3.05, 3.63) is 56.8 Å². The van der Waals surface area contributed by atoms with Crippen LogP contribution in [0.1, 0.15) is 15.2 Å². The van der Waals surface area contributed by atoms with Gasteiger partial charge in [-0.2, -0.15) is 0 Å². The normalized spacial score (nSPS) is 11.1. The third-order valence-electron chi connectivity index (χ3n) is 3.22. The smallest absolute Gasteiger partial charge is 0.193 e. The van der Waals surface area contributed by atoms with Gasteiger partial charge >= 0.3 is 0 Å². The van der Waals surface area contributed by atoms with E-state index in [1.54, 1.807) is 0 Å². The zero-order valence-electron chi connectivity index (χ0n) is 10.4. The van der Waals surface area contributed by atoms with Gasteiger partial charge in [0.1, 0.15) is 0 Å². The SMILES string of the molecule is Cc1cccc2c1ccn2CC(=O)c1sccc1Br. The molecule has 0 aliphatic carbocycles. The molecule has 0 aliphatic heterocycles. The van der Waals surface area contributed by atoms with Gasteiger partial charge in [0.15, 0.2) is 5.78 Å². The third-order valence-corrected chi connectivity index (χ3v) is 5.09. The molecule has 0 fully saturated rings. The number of Topliss-reactive ketones (excluding diaryl/α,β-unsaturated/α-hetero) is 1. The minimum absolute atomic E-state index is 0.140. The highest BCUT2D eigenvalue weighted by Crippen LogP contribution is 2.25. The number of aryl methyl sites for hydroxylation is 1. The highest BCUT2D eigenvalue weighted by atomic mass is 79.9. The molecule has 1 aromatic carbocycles. The lowest BCUT2D eigenvalue weighted by atomic mass is 10.1. The maximum Gasteiger partial charge on any atom is 0.193 e. The van der Waals surface area contributed by atoms with Crippen LogP contribution in [0.3, 0.4) is 0 Å². The molecule has 4 heteroatoms. The molecule has 19 heavy (non-hydrogen) atoms. The van der Waals surface area contributed by atoms with Crippen molar-refractivity contribution in [2.75, 3.05) is 0 Å². The summed E-state index contributed by atoms with van der Waals surface area (Å²) in [6.07, 6.45) is 1.98. The number of benzene rings is 1. The number of fused-ring (bicyclic) bond motifs is 1. The van der Waals surface area contributed by atoms with Crippen molar-refractivity contribution in [3.8, 4) is 0 Å². The highest BCUT2D eigenvalue weighted by Gasteiger charge is 2.13. The second-order valence-electron chi connectivity index (χ2n) is 4.47. The minimum Gasteiger partial charge on any atom is -0.340 e. The average Bonchev–Trinajstić information content (AvgIpc) is 2.97. The summed E-state index contributed by atoms with van der Waals surface area (Å²) in [5, 5.41) is 3.13. The van der Waals surface area contributed by atoms with Gasteiger partial charge in [-0.1, -0.05) is 12.1 Å². The first-order valence-corrected chi connectivity index (χ1v) is 7.65. The van der Waals surface area contributed by atoms with Crippen LogP contribution in [0.25, 0.3) is 10.9 Å². The van der Waals surface area contributed by atoms with Crippen LogP contribution in [-0.4, -0.2) is 10.4 Å². The predicted octanol–water partition coefficient (Wildman–Crippen LogP) is 4.66. The lowest BCUT2D eigenvalue weighted by Crippen LogP contribution is -2.08. The number of rotatable bonds is 3. The van der Waals surface area contributed by atoms with Crippen molar-refractivity contribution < 1.29 is 4.79 Å². The number of nitrogens with zero attached hydrogens (tertiary/aromatic N) is 1. The predicted molar refractivity (Wildman–Crippen MR) is 83.0 cm³/mol. The van der Waals surface area contributed by atoms with Crippen molar-refractivity contribution in [3.63, 3.8) is 0 Å². The van der Waals surface area contributed by atoms with Gasteiger partial charge in [-0.15, -0.1) is 11.3 Å². The van der Waals surface area contributed by atoms with Gasteiger partial charge in [0.05, 0.1) is 11.4 Å². The molecule has 2 heterocycles. The molecule has 96 valence electrons. The number of hydrogen-bond donors (Lipinski definition) is 0. The second kappa shape index (κ2) is 4.94. The Kier molecular flexibility index (Phi) is 3.29. The molecular formula is C15H12BrNOS. The Morgan fingerprint density at radius 3 is 2.89 bits per heavy atom. The summed E-state index contributed by atoms with van der Waals surface area (Å²) < 4.78 is 2.90. The Morgan fingerprint density at radius 2 is 2.16 bits per heavy atom. The van der Waals surface area contributed by atoms with E-state index in [4.69, 9.17) is 0 Å². The van der Waals surface area contributed by atoms with Gasteiger partial charge in [-0.3, -0.25) is 4.79 Å². The molecule has 0 spiro atoms. The summed E-state index contributed by atoms with van der Waals surface area (Å²) in [6, 6.07) is 10.2. The molecule has 0 N–H and O–H groups in total. The number of aromatic nitrogens is 1. The number of carbonyl (C=O) groups excluding carboxylic acids is 1. The van der Waals surface area contributed by atoms with Crippen LogP contribution in [-0.2, 0) is 6.54 Å². The maximum atomic E-state index is 12.3. The molecule has 0 saturated heterocycles. The van der Waals surface area contributed by atoms with Crippen LogP contribution in [0.15, 0.2) is 46.4 Å². The van der Waals surface area contributed by atoms with E-state index >= 15 is 0 Å². The van der Waals surface area contributed by atoms with E-state index in [-0.39, 0.29) is 5.78 Å². The van der Waals surface area contributed by atoms with Gasteiger partial charge in [-0.25, -0.2) is 0 Å². The van der Waals surface area contributed by atoms with Crippen molar-refractivity contribution in [2.45, 2.75) is 13.5 Å². The first-order valence-electron chi connectivity index (χ1n) is 5.97. The number of ketones is 1. The molecule has 0 atom stereocenters. The Bertz CT molecular complexity index is 756. The molecule has 0 bridgehead atoms. The zero-order valence-corrected chi connectivity index (χ0v) is 12.8. The van der Waals surface area contributed by atoms with Gasteiger partial charge < -0.3 is 4.57 Å². The fraction of sp³-hybridized carbons (Fsp3) is 0.133. The maximum absolute atomic E-state index is 12.3. The van der Waals surface area contributed by atoms with Crippen LogP contribution in [0, 0.1) is 6.92 Å². The first-order chi connectivity index (χ1) is 9.16. The second-order valence-corrected chi connectivity index (χ2v) is 6.24. The van der Waals surface area contributed by atoms with E-state index in [2.05, 4.69) is 41.1 Å². The number of carbonyl (C=O) groups is 1. The summed E-state index contributed by atoms with van der Waals surface area (Å²) in [4.78, 5) is 13.1. The summed E-state index contributed by atoms with van der Waals surface area (Å²) in [7, 11) is 0. The third kappa shape index (κ3) is 2.26. The van der Waals surface area contributed by atoms with Crippen LogP contribution < -0.4 is 0 Å². The van der Waals surface area contributed by atoms with E-state index in [0.717, 1.165) is 14.9 Å². The molecule has 0 saturated carbocycles. The fourth-order valence-electron chi connectivity index (χ4n) is 2.23. The first kappa shape index (κ1) is 12.6. The van der Waals surface area contributed by atoms with Gasteiger partial charge in [0.25, 0.3) is 0 Å². The Morgan fingerprint density at radius 1 is 1.32 bits per heavy atom. The Hall–Kier alpha value is -1.39. The van der Waals surface area contributed by atoms with Gasteiger partial charge in [0.2, 0.25) is 0 Å². The number of halogens is 1. The summed E-state index contributed by atoms with van der Waals surface area (Å²) in [5.41, 5.74) is 2.35. The van der Waals surface area contributed by atoms with Crippen LogP contribution in [0.5, 0.6) is 0 Å². The quantitative estimate of drug-likeness (QED) is 0.639. The zero-order chi connectivity index (χ0) is 13.4. The van der Waals surface area contributed by atoms with E-state index in [9.17, 15) is 4.79 Å². The molecule has 0 radical (unpaired) electrons. The Labute approximate surface area is 123 Å². The molecule has 0 unspecified atom stereocenters. The van der Waals surface area contributed by atoms with Crippen molar-refractivity contribution in [1.29, 1.82) is 0 Å². The van der Waals surface area contributed by atoms with E-state index in [1.807, 2.05) is 28.3 Å². The molecular weight excluding hydrogens is 322 g/mol. The largest absolute Gasteiger partial charge is 0.340 e. The molecule has 2 nitrogen and oxygen atoms in total. The van der Waals surface area contributed by atoms with Crippen molar-refractivity contribution in [2.24, 2.45) is 0 Å². The van der Waals surface area contributed by atoms with Crippen LogP contribution in [0.2, 0.25) is 0 Å². The molecule has 3 aromatic rings. The van der Waals surface area contributed by atoms with Crippen LogP contribution >= 0.6 is 27.3 Å². The van der Waals surface area contributed by atoms with Crippen molar-refractivity contribution in [1.82, 2.24) is 4.57 Å². The number of hydrogen-bond acceptors (Lipinski definition) is 2. The summed E-state index contributed by atoms with van der Waals surface area (Å²) in [6.45, 7) is 2.47. The molecule has 0 amide bonds. The van der Waals surface area contributed by atoms with Gasteiger partial charge in [-0.05, 0) is 52.0 Å². The van der Waals surface area contributed by atoms with E-state index < -0.39 is 0 Å². The summed E-state index contributed by atoms with van der Waals surface area (Å²) in [5.74, 6) is 0.140. The monoisotopic (exact) mass is 333 g/mol. The number of thiophene rings is 1. The van der Waals surface area contributed by atoms with E-state index in [0.29, 0.717) is 6.54 Å². The standard InChI is InChI=1S/C15H12BrNOS/c1-10-3-2-4-13-11(10)5-7-17(13)9-14(18)15-12(16)6-8-19-15/h2-8H,9H2,1H3. The Balaban J connectivity index is 1.96. The summed E-state index contributed by atoms with van der Waals surface area (Å²) >= 11 is 4.89. The van der Waals surface area contributed by atoms with E-state index in [1.165, 1.54) is 22.3 Å². The fourth-order valence-corrected chi connectivity index (χ4v) is 3.76. The minimum atomic E-state index is 0.140. The molecule has 3 rings (SSSR count). The van der Waals surface area contributed by atoms with Gasteiger partial charge in [0, 0.05) is 21.6 Å².